The first-order valence-corrected chi connectivity index (χ1v) is 8.87. The molecular weight excluding hydrogens is 339 g/mol. The highest BCUT2D eigenvalue weighted by Gasteiger charge is 2.41. The number of allylic oxidation sites excluding steroid dienone is 2. The standard InChI is InChI=1S/C21H18ClFO2/c1-11-2-3-12(16-7-6-15(22)10-18(16)23)9-17(11)19-20(24)13-4-5-14(8-13)21(19)25/h2-3,6-7,9-10,13-14,24H,4-5,8H2,1H3/t13?,14-/m1/s1. The van der Waals surface area contributed by atoms with Crippen LogP contribution in [0.1, 0.15) is 30.4 Å². The second-order valence-corrected chi connectivity index (χ2v) is 7.42. The Hall–Kier alpha value is -2.13. The van der Waals surface area contributed by atoms with E-state index in [1.807, 2.05) is 19.1 Å². The molecule has 2 nitrogen and oxygen atoms in total. The maximum atomic E-state index is 14.3. The molecule has 1 N–H and O–H groups in total. The molecule has 2 aliphatic carbocycles. The highest BCUT2D eigenvalue weighted by Crippen LogP contribution is 2.46. The van der Waals surface area contributed by atoms with Crippen molar-refractivity contribution >= 4 is 23.0 Å². The zero-order valence-corrected chi connectivity index (χ0v) is 14.6. The first-order chi connectivity index (χ1) is 12.0. The maximum absolute atomic E-state index is 14.3. The first-order valence-electron chi connectivity index (χ1n) is 8.49. The van der Waals surface area contributed by atoms with E-state index in [-0.39, 0.29) is 23.4 Å². The Kier molecular flexibility index (Phi) is 3.92. The van der Waals surface area contributed by atoms with Crippen LogP contribution in [-0.2, 0) is 4.79 Å². The number of halogens is 2. The lowest BCUT2D eigenvalue weighted by atomic mass is 9.81. The molecular formula is C21H18ClFO2. The van der Waals surface area contributed by atoms with Crippen LogP contribution in [0.15, 0.2) is 42.2 Å². The lowest BCUT2D eigenvalue weighted by molar-refractivity contribution is -0.117. The van der Waals surface area contributed by atoms with E-state index in [1.165, 1.54) is 6.07 Å². The van der Waals surface area contributed by atoms with Crippen LogP contribution in [0, 0.1) is 24.6 Å². The molecule has 1 fully saturated rings. The van der Waals surface area contributed by atoms with Gasteiger partial charge in [0.15, 0.2) is 5.78 Å². The predicted octanol–water partition coefficient (Wildman–Crippen LogP) is 5.72. The Morgan fingerprint density at radius 1 is 1.08 bits per heavy atom. The Bertz CT molecular complexity index is 916. The summed E-state index contributed by atoms with van der Waals surface area (Å²) < 4.78 is 14.3. The smallest absolute Gasteiger partial charge is 0.169 e. The summed E-state index contributed by atoms with van der Waals surface area (Å²) in [6, 6.07) is 10.0. The molecule has 128 valence electrons. The fourth-order valence-corrected chi connectivity index (χ4v) is 4.21. The van der Waals surface area contributed by atoms with Gasteiger partial charge < -0.3 is 5.11 Å². The summed E-state index contributed by atoms with van der Waals surface area (Å²) in [5.74, 6) is -0.103. The Balaban J connectivity index is 1.86. The lowest BCUT2D eigenvalue weighted by Crippen LogP contribution is -2.21. The fourth-order valence-electron chi connectivity index (χ4n) is 4.06. The second kappa shape index (κ2) is 5.99. The van der Waals surface area contributed by atoms with Crippen molar-refractivity contribution in [2.24, 2.45) is 11.8 Å². The van der Waals surface area contributed by atoms with Gasteiger partial charge in [0, 0.05) is 22.4 Å². The topological polar surface area (TPSA) is 37.3 Å². The van der Waals surface area contributed by atoms with E-state index in [2.05, 4.69) is 0 Å². The molecule has 4 rings (SSSR count). The van der Waals surface area contributed by atoms with E-state index in [0.29, 0.717) is 27.3 Å². The maximum Gasteiger partial charge on any atom is 0.169 e. The van der Waals surface area contributed by atoms with Crippen LogP contribution in [0.25, 0.3) is 16.7 Å². The summed E-state index contributed by atoms with van der Waals surface area (Å²) in [5.41, 5.74) is 3.12. The van der Waals surface area contributed by atoms with Crippen molar-refractivity contribution < 1.29 is 14.3 Å². The highest BCUT2D eigenvalue weighted by atomic mass is 35.5. The number of carbonyl (C=O) groups is 1. The van der Waals surface area contributed by atoms with E-state index >= 15 is 0 Å². The molecule has 1 unspecified atom stereocenters. The second-order valence-electron chi connectivity index (χ2n) is 6.99. The Morgan fingerprint density at radius 3 is 2.60 bits per heavy atom. The van der Waals surface area contributed by atoms with Crippen LogP contribution < -0.4 is 0 Å². The molecule has 0 aliphatic heterocycles. The summed E-state index contributed by atoms with van der Waals surface area (Å²) in [6.07, 6.45) is 2.44. The molecule has 1 saturated carbocycles. The molecule has 0 amide bonds. The third-order valence-electron chi connectivity index (χ3n) is 5.44. The van der Waals surface area contributed by atoms with Gasteiger partial charge >= 0.3 is 0 Å². The SMILES string of the molecule is Cc1ccc(-c2ccc(Cl)cc2F)cc1C1=C(O)C2CC[C@H](C2)C1=O. The van der Waals surface area contributed by atoms with Crippen molar-refractivity contribution in [2.45, 2.75) is 26.2 Å². The average molecular weight is 357 g/mol. The number of hydrogen-bond donors (Lipinski definition) is 1. The van der Waals surface area contributed by atoms with Crippen LogP contribution in [0.4, 0.5) is 4.39 Å². The summed E-state index contributed by atoms with van der Waals surface area (Å²) in [4.78, 5) is 12.8. The minimum Gasteiger partial charge on any atom is -0.511 e. The predicted molar refractivity (Wildman–Crippen MR) is 97.0 cm³/mol. The molecule has 2 aliphatic rings. The molecule has 0 aromatic heterocycles. The third kappa shape index (κ3) is 2.67. The summed E-state index contributed by atoms with van der Waals surface area (Å²) >= 11 is 5.83. The normalized spacial score (nSPS) is 22.6. The first kappa shape index (κ1) is 16.3. The van der Waals surface area contributed by atoms with Gasteiger partial charge in [-0.25, -0.2) is 4.39 Å². The summed E-state index contributed by atoms with van der Waals surface area (Å²) in [6.45, 7) is 1.90. The molecule has 2 bridgehead atoms. The molecule has 2 atom stereocenters. The minimum absolute atomic E-state index is 0.00576. The van der Waals surface area contributed by atoms with E-state index in [1.54, 1.807) is 18.2 Å². The van der Waals surface area contributed by atoms with Crippen LogP contribution in [-0.4, -0.2) is 10.9 Å². The van der Waals surface area contributed by atoms with Crippen LogP contribution in [0.5, 0.6) is 0 Å². The zero-order chi connectivity index (χ0) is 17.7. The van der Waals surface area contributed by atoms with E-state index in [9.17, 15) is 14.3 Å². The number of carbonyl (C=O) groups excluding carboxylic acids is 1. The number of aryl methyl sites for hydroxylation is 1. The molecule has 0 radical (unpaired) electrons. The Labute approximate surface area is 150 Å². The van der Waals surface area contributed by atoms with Crippen molar-refractivity contribution in [2.75, 3.05) is 0 Å². The average Bonchev–Trinajstić information content (AvgIpc) is 3.02. The largest absolute Gasteiger partial charge is 0.511 e. The molecule has 2 aromatic rings. The third-order valence-corrected chi connectivity index (χ3v) is 5.68. The van der Waals surface area contributed by atoms with Crippen LogP contribution in [0.2, 0.25) is 5.02 Å². The van der Waals surface area contributed by atoms with Gasteiger partial charge in [-0.3, -0.25) is 4.79 Å². The van der Waals surface area contributed by atoms with Gasteiger partial charge in [0.05, 0.1) is 5.57 Å². The van der Waals surface area contributed by atoms with Crippen molar-refractivity contribution in [1.82, 2.24) is 0 Å². The van der Waals surface area contributed by atoms with Gasteiger partial charge in [-0.2, -0.15) is 0 Å². The van der Waals surface area contributed by atoms with Gasteiger partial charge in [-0.1, -0.05) is 23.7 Å². The van der Waals surface area contributed by atoms with Crippen molar-refractivity contribution in [3.05, 3.63) is 64.1 Å². The van der Waals surface area contributed by atoms with Gasteiger partial charge in [-0.05, 0) is 67.1 Å². The molecule has 25 heavy (non-hydrogen) atoms. The van der Waals surface area contributed by atoms with E-state index < -0.39 is 5.82 Å². The van der Waals surface area contributed by atoms with Crippen molar-refractivity contribution in [1.29, 1.82) is 0 Å². The van der Waals surface area contributed by atoms with Gasteiger partial charge in [0.2, 0.25) is 0 Å². The van der Waals surface area contributed by atoms with Gasteiger partial charge in [0.1, 0.15) is 11.6 Å². The van der Waals surface area contributed by atoms with Crippen LogP contribution >= 0.6 is 11.6 Å². The number of Topliss-reactive ketones (excluding diaryl/α,β-unsaturated/α-hetero) is 1. The molecule has 0 heterocycles. The fraction of sp³-hybridized carbons (Fsp3) is 0.286. The summed E-state index contributed by atoms with van der Waals surface area (Å²) in [5, 5.41) is 11.0. The number of hydrogen-bond acceptors (Lipinski definition) is 2. The summed E-state index contributed by atoms with van der Waals surface area (Å²) in [7, 11) is 0. The number of ketones is 1. The van der Waals surface area contributed by atoms with E-state index in [0.717, 1.165) is 24.8 Å². The number of aliphatic hydroxyl groups excluding tert-OH is 1. The zero-order valence-electron chi connectivity index (χ0n) is 13.9. The molecule has 0 saturated heterocycles. The number of fused-ring (bicyclic) bond motifs is 2. The van der Waals surface area contributed by atoms with Gasteiger partial charge in [0.25, 0.3) is 0 Å². The lowest BCUT2D eigenvalue weighted by Gasteiger charge is -2.23. The monoisotopic (exact) mass is 356 g/mol. The van der Waals surface area contributed by atoms with Crippen molar-refractivity contribution in [3.8, 4) is 11.1 Å². The molecule has 0 spiro atoms. The molecule has 2 aromatic carbocycles. The van der Waals surface area contributed by atoms with Crippen LogP contribution in [0.3, 0.4) is 0 Å². The minimum atomic E-state index is -0.407. The number of aliphatic hydroxyl groups is 1. The highest BCUT2D eigenvalue weighted by molar-refractivity contribution is 6.30. The van der Waals surface area contributed by atoms with E-state index in [4.69, 9.17) is 11.6 Å². The quantitative estimate of drug-likeness (QED) is 0.746. The number of benzene rings is 2. The van der Waals surface area contributed by atoms with Crippen molar-refractivity contribution in [3.63, 3.8) is 0 Å². The molecule has 4 heteroatoms. The Morgan fingerprint density at radius 2 is 1.84 bits per heavy atom. The number of rotatable bonds is 2. The van der Waals surface area contributed by atoms with Gasteiger partial charge in [-0.15, -0.1) is 0 Å².